The Hall–Kier alpha value is -3.65. The second-order valence-corrected chi connectivity index (χ2v) is 6.71. The summed E-state index contributed by atoms with van der Waals surface area (Å²) < 4.78 is 16.0. The van der Waals surface area contributed by atoms with Crippen molar-refractivity contribution >= 4 is 5.91 Å². The van der Waals surface area contributed by atoms with Crippen LogP contribution < -0.4 is 25.1 Å². The van der Waals surface area contributed by atoms with Gasteiger partial charge in [-0.1, -0.05) is 0 Å². The Bertz CT molecular complexity index is 1000. The van der Waals surface area contributed by atoms with Crippen LogP contribution in [0.25, 0.3) is 11.3 Å². The van der Waals surface area contributed by atoms with E-state index in [4.69, 9.17) is 14.2 Å². The summed E-state index contributed by atoms with van der Waals surface area (Å²) in [6.45, 7) is 4.44. The first-order valence-corrected chi connectivity index (χ1v) is 9.88. The zero-order valence-electron chi connectivity index (χ0n) is 18.0. The minimum atomic E-state index is -0.387. The highest BCUT2D eigenvalue weighted by molar-refractivity contribution is 5.92. The lowest BCUT2D eigenvalue weighted by Gasteiger charge is -2.17. The molecular formula is C23H26N4O4. The van der Waals surface area contributed by atoms with Crippen LogP contribution in [0.4, 0.5) is 0 Å². The number of carbonyl (C=O) groups is 1. The highest BCUT2D eigenvalue weighted by Crippen LogP contribution is 2.26. The molecule has 3 rings (SSSR count). The van der Waals surface area contributed by atoms with Crippen LogP contribution in [0.1, 0.15) is 35.9 Å². The summed E-state index contributed by atoms with van der Waals surface area (Å²) >= 11 is 0. The summed E-state index contributed by atoms with van der Waals surface area (Å²) in [5, 5.41) is 0. The van der Waals surface area contributed by atoms with Crippen molar-refractivity contribution in [3.63, 3.8) is 0 Å². The Labute approximate surface area is 181 Å². The maximum Gasteiger partial charge on any atom is 0.285 e. The number of nitrogens with zero attached hydrogens (tertiary/aromatic N) is 2. The van der Waals surface area contributed by atoms with Crippen LogP contribution in [-0.2, 0) is 0 Å². The molecule has 0 unspecified atom stereocenters. The van der Waals surface area contributed by atoms with Crippen molar-refractivity contribution in [2.24, 2.45) is 0 Å². The van der Waals surface area contributed by atoms with Crippen LogP contribution in [-0.4, -0.2) is 36.7 Å². The molecule has 1 aromatic heterocycles. The first kappa shape index (κ1) is 22.0. The van der Waals surface area contributed by atoms with Crippen LogP contribution in [0.3, 0.4) is 0 Å². The van der Waals surface area contributed by atoms with Crippen molar-refractivity contribution in [1.82, 2.24) is 20.8 Å². The number of aromatic nitrogens is 2. The summed E-state index contributed by atoms with van der Waals surface area (Å²) in [6.07, 6.45) is 3.04. The quantitative estimate of drug-likeness (QED) is 0.509. The van der Waals surface area contributed by atoms with Crippen LogP contribution in [0, 0.1) is 0 Å². The molecule has 0 saturated carbocycles. The van der Waals surface area contributed by atoms with Crippen LogP contribution in [0.15, 0.2) is 54.9 Å². The molecule has 1 amide bonds. The largest absolute Gasteiger partial charge is 0.497 e. The van der Waals surface area contributed by atoms with E-state index in [0.29, 0.717) is 23.8 Å². The first-order valence-electron chi connectivity index (χ1n) is 9.88. The number of rotatable bonds is 9. The summed E-state index contributed by atoms with van der Waals surface area (Å²) in [6, 6.07) is 12.8. The molecule has 31 heavy (non-hydrogen) atoms. The molecule has 0 saturated heterocycles. The lowest BCUT2D eigenvalue weighted by Crippen LogP contribution is -2.39. The molecule has 1 heterocycles. The Kier molecular flexibility index (Phi) is 7.40. The minimum Gasteiger partial charge on any atom is -0.497 e. The Morgan fingerprint density at radius 3 is 2.29 bits per heavy atom. The van der Waals surface area contributed by atoms with Crippen molar-refractivity contribution in [2.45, 2.75) is 19.9 Å². The van der Waals surface area contributed by atoms with E-state index < -0.39 is 0 Å². The molecule has 8 nitrogen and oxygen atoms in total. The normalized spacial score (nSPS) is 11.5. The van der Waals surface area contributed by atoms with Crippen molar-refractivity contribution in [1.29, 1.82) is 0 Å². The Balaban J connectivity index is 1.68. The van der Waals surface area contributed by atoms with E-state index in [0.717, 1.165) is 16.9 Å². The van der Waals surface area contributed by atoms with Gasteiger partial charge in [-0.05, 0) is 55.8 Å². The summed E-state index contributed by atoms with van der Waals surface area (Å²) in [5.41, 5.74) is 8.21. The average molecular weight is 422 g/mol. The highest BCUT2D eigenvalue weighted by atomic mass is 16.5. The van der Waals surface area contributed by atoms with Gasteiger partial charge in [0.05, 0.1) is 38.9 Å². The zero-order chi connectivity index (χ0) is 22.2. The maximum atomic E-state index is 12.6. The number of carbonyl (C=O) groups excluding carboxylic acids is 1. The Morgan fingerprint density at radius 2 is 1.68 bits per heavy atom. The topological polar surface area (TPSA) is 94.6 Å². The predicted octanol–water partition coefficient (Wildman–Crippen LogP) is 3.56. The van der Waals surface area contributed by atoms with E-state index in [1.165, 1.54) is 6.20 Å². The van der Waals surface area contributed by atoms with Crippen LogP contribution in [0.2, 0.25) is 0 Å². The third-order valence-corrected chi connectivity index (χ3v) is 4.60. The highest BCUT2D eigenvalue weighted by Gasteiger charge is 2.13. The number of hydrogen-bond donors (Lipinski definition) is 2. The smallest absolute Gasteiger partial charge is 0.285 e. The fourth-order valence-corrected chi connectivity index (χ4v) is 2.90. The van der Waals surface area contributed by atoms with Crippen molar-refractivity contribution in [3.8, 4) is 28.5 Å². The van der Waals surface area contributed by atoms with E-state index in [1.807, 2.05) is 50.2 Å². The summed E-state index contributed by atoms with van der Waals surface area (Å²) in [5.74, 6) is 1.73. The fourth-order valence-electron chi connectivity index (χ4n) is 2.90. The number of amides is 1. The average Bonchev–Trinajstić information content (AvgIpc) is 2.82. The van der Waals surface area contributed by atoms with Crippen molar-refractivity contribution < 1.29 is 19.0 Å². The van der Waals surface area contributed by atoms with Crippen LogP contribution >= 0.6 is 0 Å². The fraction of sp³-hybridized carbons (Fsp3) is 0.261. The molecule has 3 aromatic rings. The van der Waals surface area contributed by atoms with Gasteiger partial charge >= 0.3 is 0 Å². The SMILES string of the molecule is CCOc1ccc(-c2cncc(C(=O)NN[C@H](C)c3cc(OC)cc(OC)c3)n2)cc1. The van der Waals surface area contributed by atoms with Gasteiger partial charge in [-0.15, -0.1) is 0 Å². The van der Waals surface area contributed by atoms with Gasteiger partial charge in [0.1, 0.15) is 22.9 Å². The van der Waals surface area contributed by atoms with Gasteiger partial charge in [-0.25, -0.2) is 10.4 Å². The summed E-state index contributed by atoms with van der Waals surface area (Å²) in [7, 11) is 3.18. The molecule has 0 fully saturated rings. The summed E-state index contributed by atoms with van der Waals surface area (Å²) in [4.78, 5) is 21.2. The van der Waals surface area contributed by atoms with Gasteiger partial charge in [0.25, 0.3) is 5.91 Å². The van der Waals surface area contributed by atoms with Gasteiger partial charge in [0.15, 0.2) is 0 Å². The standard InChI is InChI=1S/C23H26N4O4/c1-5-31-18-8-6-16(7-9-18)21-13-24-14-22(25-21)23(28)27-26-15(2)17-10-19(29-3)12-20(11-17)30-4/h6-15,26H,5H2,1-4H3,(H,27,28)/t15-/m1/s1. The third kappa shape index (κ3) is 5.70. The van der Waals surface area contributed by atoms with E-state index in [2.05, 4.69) is 20.8 Å². The first-order chi connectivity index (χ1) is 15.0. The van der Waals surface area contributed by atoms with Gasteiger partial charge in [0, 0.05) is 17.7 Å². The molecule has 0 bridgehead atoms. The molecule has 0 spiro atoms. The van der Waals surface area contributed by atoms with E-state index in [-0.39, 0.29) is 17.6 Å². The van der Waals surface area contributed by atoms with Crippen molar-refractivity contribution in [3.05, 3.63) is 66.1 Å². The Morgan fingerprint density at radius 1 is 1.00 bits per heavy atom. The zero-order valence-corrected chi connectivity index (χ0v) is 18.0. The number of ether oxygens (including phenoxy) is 3. The molecule has 162 valence electrons. The van der Waals surface area contributed by atoms with Gasteiger partial charge in [0.2, 0.25) is 0 Å². The second kappa shape index (κ2) is 10.4. The molecule has 1 atom stereocenters. The molecule has 2 aromatic carbocycles. The van der Waals surface area contributed by atoms with Gasteiger partial charge < -0.3 is 14.2 Å². The molecule has 2 N–H and O–H groups in total. The lowest BCUT2D eigenvalue weighted by molar-refractivity contribution is 0.0921. The maximum absolute atomic E-state index is 12.6. The molecule has 0 aliphatic carbocycles. The predicted molar refractivity (Wildman–Crippen MR) is 117 cm³/mol. The van der Waals surface area contributed by atoms with E-state index in [9.17, 15) is 4.79 Å². The number of hydrazine groups is 1. The van der Waals surface area contributed by atoms with E-state index in [1.54, 1.807) is 26.5 Å². The molecule has 0 radical (unpaired) electrons. The molecule has 0 aliphatic rings. The number of benzene rings is 2. The van der Waals surface area contributed by atoms with Gasteiger partial charge in [-0.3, -0.25) is 15.2 Å². The second-order valence-electron chi connectivity index (χ2n) is 6.71. The molecule has 0 aliphatic heterocycles. The molecule has 8 heteroatoms. The monoisotopic (exact) mass is 422 g/mol. The lowest BCUT2D eigenvalue weighted by atomic mass is 10.1. The minimum absolute atomic E-state index is 0.199. The van der Waals surface area contributed by atoms with Gasteiger partial charge in [-0.2, -0.15) is 0 Å². The van der Waals surface area contributed by atoms with Crippen molar-refractivity contribution in [2.75, 3.05) is 20.8 Å². The van der Waals surface area contributed by atoms with E-state index >= 15 is 0 Å². The number of methoxy groups -OCH3 is 2. The number of hydrogen-bond acceptors (Lipinski definition) is 7. The third-order valence-electron chi connectivity index (χ3n) is 4.60. The van der Waals surface area contributed by atoms with Crippen LogP contribution in [0.5, 0.6) is 17.2 Å². The molecular weight excluding hydrogens is 396 g/mol. The number of nitrogens with one attached hydrogen (secondary N) is 2.